The van der Waals surface area contributed by atoms with Crippen molar-refractivity contribution in [1.29, 1.82) is 0 Å². The molecular weight excluding hydrogens is 129 g/mol. The summed E-state index contributed by atoms with van der Waals surface area (Å²) in [4.78, 5) is 0. The molecule has 0 aliphatic heterocycles. The molecule has 0 aromatic heterocycles. The van der Waals surface area contributed by atoms with Crippen LogP contribution in [0.3, 0.4) is 0 Å². The third-order valence-corrected chi connectivity index (χ3v) is 1.93. The molecule has 1 saturated carbocycles. The summed E-state index contributed by atoms with van der Waals surface area (Å²) in [6.07, 6.45) is 2.65. The molecule has 0 aromatic carbocycles. The van der Waals surface area contributed by atoms with Gasteiger partial charge in [-0.2, -0.15) is 0 Å². The maximum Gasteiger partial charge on any atom is 0.373 e. The van der Waals surface area contributed by atoms with Crippen molar-refractivity contribution < 1.29 is 10.1 Å². The Morgan fingerprint density at radius 1 is 1.50 bits per heavy atom. The predicted octanol–water partition coefficient (Wildman–Crippen LogP) is -0.400. The lowest BCUT2D eigenvalue weighted by atomic mass is 9.87. The third-order valence-electron chi connectivity index (χ3n) is 1.93. The minimum Gasteiger partial charge on any atom is -0.437 e. The van der Waals surface area contributed by atoms with Crippen LogP contribution in [-0.4, -0.2) is 29.3 Å². The Hall–Kier alpha value is -0.0551. The zero-order valence-corrected chi connectivity index (χ0v) is 6.25. The van der Waals surface area contributed by atoms with Crippen molar-refractivity contribution in [2.24, 2.45) is 0 Å². The van der Waals surface area contributed by atoms with Gasteiger partial charge in [0.2, 0.25) is 0 Å². The van der Waals surface area contributed by atoms with Gasteiger partial charge in [-0.3, -0.25) is 0 Å². The predicted molar refractivity (Wildman–Crippen MR) is 40.6 cm³/mol. The highest BCUT2D eigenvalue weighted by atomic mass is 16.3. The summed E-state index contributed by atoms with van der Waals surface area (Å²) in [5, 5.41) is 21.1. The zero-order chi connectivity index (χ0) is 7.56. The molecule has 2 unspecified atom stereocenters. The summed E-state index contributed by atoms with van der Waals surface area (Å²) in [5.41, 5.74) is 0. The molecule has 0 amide bonds. The molecule has 0 heterocycles. The Labute approximate surface area is 61.6 Å². The molecule has 3 nitrogen and oxygen atoms in total. The number of aliphatic hydroxyl groups excluding tert-OH is 1. The van der Waals surface area contributed by atoms with Crippen LogP contribution in [0, 0.1) is 0 Å². The van der Waals surface area contributed by atoms with Gasteiger partial charge in [0.15, 0.2) is 0 Å². The first-order valence-corrected chi connectivity index (χ1v) is 3.82. The summed E-state index contributed by atoms with van der Waals surface area (Å²) in [5.74, 6) is 0. The van der Waals surface area contributed by atoms with Crippen molar-refractivity contribution in [3.05, 3.63) is 0 Å². The van der Waals surface area contributed by atoms with E-state index in [0.29, 0.717) is 0 Å². The van der Waals surface area contributed by atoms with Gasteiger partial charge in [0.05, 0.1) is 6.10 Å². The molecule has 1 fully saturated rings. The normalized spacial score (nSPS) is 32.7. The Kier molecular flexibility index (Phi) is 2.71. The van der Waals surface area contributed by atoms with E-state index >= 15 is 0 Å². The van der Waals surface area contributed by atoms with Gasteiger partial charge in [-0.05, 0) is 26.1 Å². The highest BCUT2D eigenvalue weighted by molar-refractivity contribution is 6.45. The molecule has 1 aliphatic carbocycles. The van der Waals surface area contributed by atoms with Crippen LogP contribution in [0.25, 0.3) is 0 Å². The largest absolute Gasteiger partial charge is 0.437 e. The van der Waals surface area contributed by atoms with Crippen LogP contribution in [0.4, 0.5) is 0 Å². The standard InChI is InChI=1S/C6H14BNO2/c1-7(10)8-5-3-2-4-6(5)9/h5-6,8-10H,2-4H2,1H3. The van der Waals surface area contributed by atoms with Crippen LogP contribution in [0.1, 0.15) is 19.3 Å². The van der Waals surface area contributed by atoms with Gasteiger partial charge in [0.25, 0.3) is 0 Å². The second-order valence-corrected chi connectivity index (χ2v) is 2.95. The first kappa shape index (κ1) is 8.05. The number of nitrogens with one attached hydrogen (secondary N) is 1. The monoisotopic (exact) mass is 143 g/mol. The molecule has 0 aromatic rings. The molecule has 0 saturated heterocycles. The summed E-state index contributed by atoms with van der Waals surface area (Å²) >= 11 is 0. The summed E-state index contributed by atoms with van der Waals surface area (Å²) < 4.78 is 0. The minimum atomic E-state index is -0.502. The Morgan fingerprint density at radius 2 is 2.20 bits per heavy atom. The van der Waals surface area contributed by atoms with E-state index in [1.165, 1.54) is 0 Å². The lowest BCUT2D eigenvalue weighted by Gasteiger charge is -2.16. The van der Waals surface area contributed by atoms with E-state index in [1.807, 2.05) is 0 Å². The molecule has 10 heavy (non-hydrogen) atoms. The van der Waals surface area contributed by atoms with Crippen molar-refractivity contribution in [2.75, 3.05) is 0 Å². The second kappa shape index (κ2) is 3.37. The van der Waals surface area contributed by atoms with E-state index in [1.54, 1.807) is 6.82 Å². The lowest BCUT2D eigenvalue weighted by molar-refractivity contribution is 0.157. The first-order valence-electron chi connectivity index (χ1n) is 3.82. The van der Waals surface area contributed by atoms with E-state index < -0.39 is 7.05 Å². The zero-order valence-electron chi connectivity index (χ0n) is 6.25. The lowest BCUT2D eigenvalue weighted by Crippen LogP contribution is -2.43. The SMILES string of the molecule is CB(O)NC1CCCC1O. The molecule has 58 valence electrons. The quantitative estimate of drug-likeness (QED) is 0.461. The van der Waals surface area contributed by atoms with E-state index in [0.717, 1.165) is 19.3 Å². The van der Waals surface area contributed by atoms with Crippen LogP contribution >= 0.6 is 0 Å². The fourth-order valence-corrected chi connectivity index (χ4v) is 1.44. The van der Waals surface area contributed by atoms with Crippen molar-refractivity contribution in [3.8, 4) is 0 Å². The fourth-order valence-electron chi connectivity index (χ4n) is 1.44. The first-order chi connectivity index (χ1) is 4.70. The number of aliphatic hydroxyl groups is 1. The summed E-state index contributed by atoms with van der Waals surface area (Å²) in [6, 6.07) is 0.111. The molecule has 0 radical (unpaired) electrons. The van der Waals surface area contributed by atoms with E-state index in [9.17, 15) is 5.11 Å². The Bertz CT molecular complexity index is 110. The maximum absolute atomic E-state index is 9.26. The Balaban J connectivity index is 2.26. The molecule has 1 aliphatic rings. The third kappa shape index (κ3) is 1.97. The van der Waals surface area contributed by atoms with Crippen molar-refractivity contribution >= 4 is 7.05 Å². The maximum atomic E-state index is 9.26. The van der Waals surface area contributed by atoms with Gasteiger partial charge in [-0.1, -0.05) is 0 Å². The van der Waals surface area contributed by atoms with Gasteiger partial charge in [0.1, 0.15) is 0 Å². The van der Waals surface area contributed by atoms with E-state index in [2.05, 4.69) is 5.23 Å². The number of hydrogen-bond acceptors (Lipinski definition) is 3. The van der Waals surface area contributed by atoms with Crippen LogP contribution in [-0.2, 0) is 0 Å². The highest BCUT2D eigenvalue weighted by Gasteiger charge is 2.26. The minimum absolute atomic E-state index is 0.111. The second-order valence-electron chi connectivity index (χ2n) is 2.95. The van der Waals surface area contributed by atoms with E-state index in [-0.39, 0.29) is 12.1 Å². The fraction of sp³-hybridized carbons (Fsp3) is 1.00. The average Bonchev–Trinajstić information content (AvgIpc) is 2.15. The van der Waals surface area contributed by atoms with Gasteiger partial charge in [-0.25, -0.2) is 0 Å². The van der Waals surface area contributed by atoms with Gasteiger partial charge in [0, 0.05) is 6.04 Å². The molecule has 1 rings (SSSR count). The number of hydrogen-bond donors (Lipinski definition) is 3. The van der Waals surface area contributed by atoms with Crippen molar-refractivity contribution in [1.82, 2.24) is 5.23 Å². The van der Waals surface area contributed by atoms with Crippen molar-refractivity contribution in [2.45, 2.75) is 38.2 Å². The molecule has 2 atom stereocenters. The van der Waals surface area contributed by atoms with E-state index in [4.69, 9.17) is 5.02 Å². The van der Waals surface area contributed by atoms with Crippen molar-refractivity contribution in [3.63, 3.8) is 0 Å². The van der Waals surface area contributed by atoms with Crippen LogP contribution in [0.15, 0.2) is 0 Å². The summed E-state index contributed by atoms with van der Waals surface area (Å²) in [7, 11) is -0.502. The van der Waals surface area contributed by atoms with Gasteiger partial charge >= 0.3 is 7.05 Å². The van der Waals surface area contributed by atoms with Crippen LogP contribution in [0.5, 0.6) is 0 Å². The molecular formula is C6H14BNO2. The molecule has 0 bridgehead atoms. The topological polar surface area (TPSA) is 52.5 Å². The molecule has 4 heteroatoms. The molecule has 0 spiro atoms. The smallest absolute Gasteiger partial charge is 0.373 e. The van der Waals surface area contributed by atoms with Crippen LogP contribution in [0.2, 0.25) is 6.82 Å². The Morgan fingerprint density at radius 3 is 2.60 bits per heavy atom. The van der Waals surface area contributed by atoms with Crippen LogP contribution < -0.4 is 5.23 Å². The summed E-state index contributed by atoms with van der Waals surface area (Å²) in [6.45, 7) is 1.67. The number of rotatable bonds is 2. The highest BCUT2D eigenvalue weighted by Crippen LogP contribution is 2.18. The molecule has 3 N–H and O–H groups in total. The average molecular weight is 143 g/mol. The van der Waals surface area contributed by atoms with Gasteiger partial charge < -0.3 is 15.4 Å². The van der Waals surface area contributed by atoms with Gasteiger partial charge in [-0.15, -0.1) is 0 Å².